The Morgan fingerprint density at radius 2 is 1.76 bits per heavy atom. The number of nitrogen functional groups attached to an aromatic ring is 1. The first kappa shape index (κ1) is 14.2. The van der Waals surface area contributed by atoms with Crippen LogP contribution in [0.15, 0.2) is 29.2 Å². The lowest BCUT2D eigenvalue weighted by molar-refractivity contribution is 0.478. The second-order valence-electron chi connectivity index (χ2n) is 3.75. The first-order valence-electron chi connectivity index (χ1n) is 5.22. The third-order valence-electron chi connectivity index (χ3n) is 2.73. The average Bonchev–Trinajstić information content (AvgIpc) is 2.83. The molecule has 1 aliphatic heterocycles. The first-order valence-corrected chi connectivity index (χ1v) is 6.66. The van der Waals surface area contributed by atoms with Crippen molar-refractivity contribution in [2.24, 2.45) is 5.84 Å². The molecule has 0 spiro atoms. The molecule has 0 atom stereocenters. The maximum Gasteiger partial charge on any atom is 0.245 e. The highest BCUT2D eigenvalue weighted by atomic mass is 35.5. The molecule has 0 radical (unpaired) electrons. The van der Waals surface area contributed by atoms with Gasteiger partial charge in [-0.2, -0.15) is 4.31 Å². The summed E-state index contributed by atoms with van der Waals surface area (Å²) in [4.78, 5) is 0.249. The molecule has 17 heavy (non-hydrogen) atoms. The van der Waals surface area contributed by atoms with Gasteiger partial charge in [-0.15, -0.1) is 12.4 Å². The molecule has 1 heterocycles. The zero-order valence-corrected chi connectivity index (χ0v) is 10.9. The number of benzene rings is 1. The van der Waals surface area contributed by atoms with Gasteiger partial charge in [-0.3, -0.25) is 5.84 Å². The summed E-state index contributed by atoms with van der Waals surface area (Å²) in [6.45, 7) is 1.20. The van der Waals surface area contributed by atoms with E-state index in [-0.39, 0.29) is 17.3 Å². The van der Waals surface area contributed by atoms with E-state index in [1.165, 1.54) is 4.31 Å². The molecule has 3 N–H and O–H groups in total. The topological polar surface area (TPSA) is 75.4 Å². The summed E-state index contributed by atoms with van der Waals surface area (Å²) in [5.41, 5.74) is 2.86. The van der Waals surface area contributed by atoms with Crippen LogP contribution < -0.4 is 11.3 Å². The van der Waals surface area contributed by atoms with Crippen LogP contribution in [0.5, 0.6) is 0 Å². The normalized spacial score (nSPS) is 16.5. The minimum absolute atomic E-state index is 0. The molecule has 0 amide bonds. The van der Waals surface area contributed by atoms with E-state index in [0.717, 1.165) is 12.8 Å². The molecular weight excluding hydrogens is 262 g/mol. The number of para-hydroxylation sites is 1. The summed E-state index contributed by atoms with van der Waals surface area (Å²) < 4.78 is 26.0. The van der Waals surface area contributed by atoms with E-state index in [4.69, 9.17) is 5.84 Å². The Hall–Kier alpha value is -0.820. The molecule has 1 fully saturated rings. The van der Waals surface area contributed by atoms with Gasteiger partial charge in [0.05, 0.1) is 5.69 Å². The minimum atomic E-state index is -3.39. The molecule has 0 unspecified atom stereocenters. The van der Waals surface area contributed by atoms with Crippen molar-refractivity contribution in [1.82, 2.24) is 4.31 Å². The highest BCUT2D eigenvalue weighted by molar-refractivity contribution is 7.89. The number of nitrogens with two attached hydrogens (primary N) is 1. The van der Waals surface area contributed by atoms with Crippen LogP contribution in [0, 0.1) is 0 Å². The number of rotatable bonds is 3. The van der Waals surface area contributed by atoms with E-state index in [9.17, 15) is 8.42 Å². The van der Waals surface area contributed by atoms with Gasteiger partial charge in [0.25, 0.3) is 0 Å². The van der Waals surface area contributed by atoms with Gasteiger partial charge in [0, 0.05) is 13.1 Å². The summed E-state index contributed by atoms with van der Waals surface area (Å²) in [7, 11) is -3.39. The van der Waals surface area contributed by atoms with E-state index in [0.29, 0.717) is 18.8 Å². The fourth-order valence-corrected chi connectivity index (χ4v) is 3.55. The smallest absolute Gasteiger partial charge is 0.245 e. The van der Waals surface area contributed by atoms with Crippen LogP contribution in [0.1, 0.15) is 12.8 Å². The van der Waals surface area contributed by atoms with Crippen molar-refractivity contribution >= 4 is 28.1 Å². The van der Waals surface area contributed by atoms with Crippen molar-refractivity contribution < 1.29 is 8.42 Å². The van der Waals surface area contributed by atoms with Crippen LogP contribution in [-0.2, 0) is 10.0 Å². The highest BCUT2D eigenvalue weighted by Crippen LogP contribution is 2.26. The molecule has 7 heteroatoms. The molecule has 5 nitrogen and oxygen atoms in total. The lowest BCUT2D eigenvalue weighted by Crippen LogP contribution is -2.29. The number of halogens is 1. The lowest BCUT2D eigenvalue weighted by atomic mass is 10.3. The van der Waals surface area contributed by atoms with Crippen molar-refractivity contribution in [3.05, 3.63) is 24.3 Å². The number of nitrogens with one attached hydrogen (secondary N) is 1. The van der Waals surface area contributed by atoms with E-state index in [2.05, 4.69) is 5.43 Å². The van der Waals surface area contributed by atoms with Crippen molar-refractivity contribution in [1.29, 1.82) is 0 Å². The van der Waals surface area contributed by atoms with Gasteiger partial charge in [0.1, 0.15) is 4.90 Å². The van der Waals surface area contributed by atoms with E-state index in [1.807, 2.05) is 0 Å². The van der Waals surface area contributed by atoms with Crippen LogP contribution in [0.3, 0.4) is 0 Å². The molecular formula is C10H16ClN3O2S. The van der Waals surface area contributed by atoms with Gasteiger partial charge in [0.15, 0.2) is 0 Å². The number of sulfonamides is 1. The van der Waals surface area contributed by atoms with Gasteiger partial charge in [0.2, 0.25) is 10.0 Å². The summed E-state index contributed by atoms with van der Waals surface area (Å²) >= 11 is 0. The SMILES string of the molecule is Cl.NNc1ccccc1S(=O)(=O)N1CCCC1. The second kappa shape index (κ2) is 5.68. The van der Waals surface area contributed by atoms with E-state index >= 15 is 0 Å². The van der Waals surface area contributed by atoms with Gasteiger partial charge in [-0.1, -0.05) is 12.1 Å². The van der Waals surface area contributed by atoms with Crippen LogP contribution in [0.4, 0.5) is 5.69 Å². The second-order valence-corrected chi connectivity index (χ2v) is 5.66. The Bertz CT molecular complexity index is 472. The lowest BCUT2D eigenvalue weighted by Gasteiger charge is -2.17. The van der Waals surface area contributed by atoms with Crippen molar-refractivity contribution in [2.45, 2.75) is 17.7 Å². The Kier molecular flexibility index (Phi) is 4.76. The first-order chi connectivity index (χ1) is 7.66. The summed E-state index contributed by atoms with van der Waals surface area (Å²) in [5, 5.41) is 0. The number of hydrogen-bond acceptors (Lipinski definition) is 4. The molecule has 2 rings (SSSR count). The maximum atomic E-state index is 12.2. The Balaban J connectivity index is 0.00000144. The third-order valence-corrected chi connectivity index (χ3v) is 4.68. The van der Waals surface area contributed by atoms with E-state index in [1.54, 1.807) is 24.3 Å². The predicted octanol–water partition coefficient (Wildman–Crippen LogP) is 1.18. The summed E-state index contributed by atoms with van der Waals surface area (Å²) in [5.74, 6) is 5.31. The van der Waals surface area contributed by atoms with Crippen molar-refractivity contribution in [3.63, 3.8) is 0 Å². The molecule has 1 aliphatic rings. The molecule has 1 saturated heterocycles. The van der Waals surface area contributed by atoms with Crippen molar-refractivity contribution in [2.75, 3.05) is 18.5 Å². The number of anilines is 1. The fourth-order valence-electron chi connectivity index (χ4n) is 1.88. The highest BCUT2D eigenvalue weighted by Gasteiger charge is 2.28. The van der Waals surface area contributed by atoms with E-state index < -0.39 is 10.0 Å². The Morgan fingerprint density at radius 3 is 2.35 bits per heavy atom. The quantitative estimate of drug-likeness (QED) is 0.643. The Morgan fingerprint density at radius 1 is 1.18 bits per heavy atom. The average molecular weight is 278 g/mol. The largest absolute Gasteiger partial charge is 0.323 e. The Labute approximate surface area is 107 Å². The molecule has 1 aromatic carbocycles. The summed E-state index contributed by atoms with van der Waals surface area (Å²) in [6, 6.07) is 6.67. The monoisotopic (exact) mass is 277 g/mol. The molecule has 1 aromatic rings. The standard InChI is InChI=1S/C10H15N3O2S.ClH/c11-12-9-5-1-2-6-10(9)16(14,15)13-7-3-4-8-13;/h1-2,5-6,12H,3-4,7-8,11H2;1H. The maximum absolute atomic E-state index is 12.2. The zero-order valence-electron chi connectivity index (χ0n) is 9.30. The van der Waals surface area contributed by atoms with Crippen LogP contribution in [-0.4, -0.2) is 25.8 Å². The van der Waals surface area contributed by atoms with Crippen molar-refractivity contribution in [3.8, 4) is 0 Å². The molecule has 0 bridgehead atoms. The number of hydrazine groups is 1. The fraction of sp³-hybridized carbons (Fsp3) is 0.400. The van der Waals surface area contributed by atoms with Gasteiger partial charge >= 0.3 is 0 Å². The molecule has 0 aromatic heterocycles. The third kappa shape index (κ3) is 2.71. The van der Waals surface area contributed by atoms with Gasteiger partial charge in [-0.25, -0.2) is 8.42 Å². The predicted molar refractivity (Wildman–Crippen MR) is 69.5 cm³/mol. The number of nitrogens with zero attached hydrogens (tertiary/aromatic N) is 1. The molecule has 96 valence electrons. The number of hydrogen-bond donors (Lipinski definition) is 2. The molecule has 0 aliphatic carbocycles. The molecule has 0 saturated carbocycles. The van der Waals surface area contributed by atoms with Crippen LogP contribution in [0.2, 0.25) is 0 Å². The van der Waals surface area contributed by atoms with Crippen LogP contribution in [0.25, 0.3) is 0 Å². The van der Waals surface area contributed by atoms with Gasteiger partial charge in [-0.05, 0) is 25.0 Å². The van der Waals surface area contributed by atoms with Crippen LogP contribution >= 0.6 is 12.4 Å². The minimum Gasteiger partial charge on any atom is -0.323 e. The summed E-state index contributed by atoms with van der Waals surface area (Å²) in [6.07, 6.45) is 1.86. The van der Waals surface area contributed by atoms with Gasteiger partial charge < -0.3 is 5.43 Å². The zero-order chi connectivity index (χ0) is 11.6.